The monoisotopic (exact) mass is 96.1 g/mol. The lowest BCUT2D eigenvalue weighted by Gasteiger charge is -2.12. The maximum Gasteiger partial charge on any atom is 0.0875 e. The molecule has 1 heterocycles. The van der Waals surface area contributed by atoms with Gasteiger partial charge in [-0.05, 0) is 6.42 Å². The molecule has 2 aliphatic rings. The highest BCUT2D eigenvalue weighted by Gasteiger charge is 2.32. The Balaban J connectivity index is 1.96. The van der Waals surface area contributed by atoms with Crippen molar-refractivity contribution in [3.63, 3.8) is 0 Å². The van der Waals surface area contributed by atoms with Crippen LogP contribution in [0.4, 0.5) is 0 Å². The zero-order valence-corrected chi connectivity index (χ0v) is 4.13. The minimum Gasteiger partial charge on any atom is -0.372 e. The van der Waals surface area contributed by atoms with Gasteiger partial charge in [-0.1, -0.05) is 12.2 Å². The summed E-state index contributed by atoms with van der Waals surface area (Å²) in [6, 6.07) is 0. The van der Waals surface area contributed by atoms with Gasteiger partial charge in [0.15, 0.2) is 0 Å². The van der Waals surface area contributed by atoms with Gasteiger partial charge in [0.2, 0.25) is 0 Å². The zero-order valence-electron chi connectivity index (χ0n) is 4.13. The third kappa shape index (κ3) is 0.484. The smallest absolute Gasteiger partial charge is 0.0875 e. The summed E-state index contributed by atoms with van der Waals surface area (Å²) < 4.78 is 5.06. The van der Waals surface area contributed by atoms with E-state index in [1.807, 2.05) is 0 Å². The minimum absolute atomic E-state index is 0.616. The van der Waals surface area contributed by atoms with Crippen LogP contribution in [-0.4, -0.2) is 12.7 Å². The van der Waals surface area contributed by atoms with Gasteiger partial charge in [0.25, 0.3) is 0 Å². The Labute approximate surface area is 43.0 Å². The van der Waals surface area contributed by atoms with E-state index in [-0.39, 0.29) is 0 Å². The van der Waals surface area contributed by atoms with Crippen LogP contribution in [-0.2, 0) is 4.74 Å². The molecule has 0 aromatic carbocycles. The van der Waals surface area contributed by atoms with Crippen LogP contribution in [0.25, 0.3) is 0 Å². The molecule has 1 nitrogen and oxygen atoms in total. The van der Waals surface area contributed by atoms with Crippen molar-refractivity contribution < 1.29 is 4.74 Å². The second kappa shape index (κ2) is 1.10. The van der Waals surface area contributed by atoms with E-state index in [1.54, 1.807) is 0 Å². The summed E-state index contributed by atoms with van der Waals surface area (Å²) in [5.41, 5.74) is 0. The Bertz CT molecular complexity index is 103. The van der Waals surface area contributed by atoms with Gasteiger partial charge in [-0.2, -0.15) is 0 Å². The van der Waals surface area contributed by atoms with Gasteiger partial charge >= 0.3 is 0 Å². The fourth-order valence-corrected chi connectivity index (χ4v) is 0.872. The highest BCUT2D eigenvalue weighted by atomic mass is 16.6. The highest BCUT2D eigenvalue weighted by Crippen LogP contribution is 2.29. The maximum atomic E-state index is 5.06. The van der Waals surface area contributed by atoms with Crippen molar-refractivity contribution in [1.29, 1.82) is 0 Å². The predicted molar refractivity (Wildman–Crippen MR) is 27.0 cm³/mol. The first-order valence-corrected chi connectivity index (χ1v) is 2.75. The van der Waals surface area contributed by atoms with E-state index in [0.29, 0.717) is 6.10 Å². The first-order chi connectivity index (χ1) is 3.47. The fourth-order valence-electron chi connectivity index (χ4n) is 0.872. The topological polar surface area (TPSA) is 12.5 Å². The molecule has 2 rings (SSSR count). The lowest BCUT2D eigenvalue weighted by molar-refractivity contribution is 0.350. The second-order valence-electron chi connectivity index (χ2n) is 2.20. The molecule has 0 aromatic rings. The summed E-state index contributed by atoms with van der Waals surface area (Å²) in [7, 11) is 0. The molecule has 1 aliphatic heterocycles. The number of epoxide rings is 1. The van der Waals surface area contributed by atoms with E-state index < -0.39 is 0 Å². The Morgan fingerprint density at radius 3 is 2.43 bits per heavy atom. The molecular weight excluding hydrogens is 88.1 g/mol. The average molecular weight is 96.1 g/mol. The summed E-state index contributed by atoms with van der Waals surface area (Å²) in [5, 5.41) is 0. The fraction of sp³-hybridized carbons (Fsp3) is 0.667. The van der Waals surface area contributed by atoms with E-state index in [0.717, 1.165) is 12.5 Å². The van der Waals surface area contributed by atoms with Crippen LogP contribution < -0.4 is 0 Å². The third-order valence-corrected chi connectivity index (χ3v) is 1.63. The van der Waals surface area contributed by atoms with Crippen LogP contribution >= 0.6 is 0 Å². The summed E-state index contributed by atoms with van der Waals surface area (Å²) in [6.45, 7) is 1.01. The van der Waals surface area contributed by atoms with Gasteiger partial charge in [-0.15, -0.1) is 0 Å². The summed E-state index contributed by atoms with van der Waals surface area (Å²) in [5.74, 6) is 0.792. The van der Waals surface area contributed by atoms with Crippen LogP contribution in [0.3, 0.4) is 0 Å². The molecule has 7 heavy (non-hydrogen) atoms. The van der Waals surface area contributed by atoms with Gasteiger partial charge in [0, 0.05) is 5.92 Å². The molecule has 1 aliphatic carbocycles. The van der Waals surface area contributed by atoms with Crippen molar-refractivity contribution in [2.24, 2.45) is 5.92 Å². The van der Waals surface area contributed by atoms with Crippen LogP contribution in [0.2, 0.25) is 0 Å². The van der Waals surface area contributed by atoms with Gasteiger partial charge in [0.05, 0.1) is 12.7 Å². The predicted octanol–water partition coefficient (Wildman–Crippen LogP) is 0.961. The van der Waals surface area contributed by atoms with Gasteiger partial charge in [-0.3, -0.25) is 0 Å². The van der Waals surface area contributed by atoms with E-state index >= 15 is 0 Å². The molecule has 0 amide bonds. The standard InChI is InChI=1S/C6H8O/c1-2-5(3-1)6-4-7-6/h1-2,5-6H,3-4H2. The van der Waals surface area contributed by atoms with E-state index in [2.05, 4.69) is 12.2 Å². The van der Waals surface area contributed by atoms with Crippen molar-refractivity contribution in [2.45, 2.75) is 12.5 Å². The average Bonchev–Trinajstić information content (AvgIpc) is 2.10. The molecule has 0 saturated carbocycles. The van der Waals surface area contributed by atoms with E-state index in [4.69, 9.17) is 4.74 Å². The van der Waals surface area contributed by atoms with Crippen LogP contribution in [0, 0.1) is 5.92 Å². The lowest BCUT2D eigenvalue weighted by atomic mass is 9.92. The minimum atomic E-state index is 0.616. The molecule has 0 bridgehead atoms. The first-order valence-electron chi connectivity index (χ1n) is 2.75. The molecule has 0 N–H and O–H groups in total. The normalized spacial score (nSPS) is 45.7. The summed E-state index contributed by atoms with van der Waals surface area (Å²) >= 11 is 0. The number of ether oxygens (including phenoxy) is 1. The largest absolute Gasteiger partial charge is 0.372 e. The van der Waals surface area contributed by atoms with Gasteiger partial charge in [0.1, 0.15) is 0 Å². The Morgan fingerprint density at radius 1 is 1.57 bits per heavy atom. The SMILES string of the molecule is C1=CC(C2CO2)C1. The highest BCUT2D eigenvalue weighted by molar-refractivity contribution is 5.07. The van der Waals surface area contributed by atoms with E-state index in [1.165, 1.54) is 6.42 Å². The molecule has 1 saturated heterocycles. The molecule has 0 radical (unpaired) electrons. The van der Waals surface area contributed by atoms with E-state index in [9.17, 15) is 0 Å². The molecule has 2 atom stereocenters. The molecule has 38 valence electrons. The molecule has 1 heteroatoms. The van der Waals surface area contributed by atoms with Crippen LogP contribution in [0.5, 0.6) is 0 Å². The van der Waals surface area contributed by atoms with Crippen molar-refractivity contribution in [3.05, 3.63) is 12.2 Å². The molecule has 0 aromatic heterocycles. The van der Waals surface area contributed by atoms with Crippen LogP contribution in [0.1, 0.15) is 6.42 Å². The molecular formula is C6H8O. The molecule has 0 spiro atoms. The number of hydrogen-bond acceptors (Lipinski definition) is 1. The van der Waals surface area contributed by atoms with Gasteiger partial charge in [-0.25, -0.2) is 0 Å². The zero-order chi connectivity index (χ0) is 4.69. The second-order valence-corrected chi connectivity index (χ2v) is 2.20. The Kier molecular flexibility index (Phi) is 0.577. The quantitative estimate of drug-likeness (QED) is 0.350. The summed E-state index contributed by atoms with van der Waals surface area (Å²) in [4.78, 5) is 0. The Hall–Kier alpha value is -0.300. The van der Waals surface area contributed by atoms with Crippen molar-refractivity contribution in [2.75, 3.05) is 6.61 Å². The number of rotatable bonds is 1. The third-order valence-electron chi connectivity index (χ3n) is 1.63. The molecule has 2 unspecified atom stereocenters. The lowest BCUT2D eigenvalue weighted by Crippen LogP contribution is -2.09. The summed E-state index contributed by atoms with van der Waals surface area (Å²) in [6.07, 6.45) is 6.30. The Morgan fingerprint density at radius 2 is 2.29 bits per heavy atom. The number of allylic oxidation sites excluding steroid dienone is 1. The van der Waals surface area contributed by atoms with Crippen molar-refractivity contribution in [3.8, 4) is 0 Å². The van der Waals surface area contributed by atoms with Gasteiger partial charge < -0.3 is 4.74 Å². The molecule has 1 fully saturated rings. The van der Waals surface area contributed by atoms with Crippen molar-refractivity contribution in [1.82, 2.24) is 0 Å². The maximum absolute atomic E-state index is 5.06. The number of hydrogen-bond donors (Lipinski definition) is 0. The first kappa shape index (κ1) is 3.67. The van der Waals surface area contributed by atoms with Crippen LogP contribution in [0.15, 0.2) is 12.2 Å². The van der Waals surface area contributed by atoms with Crippen molar-refractivity contribution >= 4 is 0 Å².